The molecule has 0 saturated carbocycles. The van der Waals surface area contributed by atoms with Crippen molar-refractivity contribution in [2.75, 3.05) is 11.9 Å². The molecule has 1 atom stereocenters. The molecule has 0 aliphatic carbocycles. The van der Waals surface area contributed by atoms with E-state index in [0.717, 1.165) is 23.2 Å². The lowest BCUT2D eigenvalue weighted by Gasteiger charge is -2.38. The summed E-state index contributed by atoms with van der Waals surface area (Å²) >= 11 is 0. The summed E-state index contributed by atoms with van der Waals surface area (Å²) in [4.78, 5) is 15.4. The predicted octanol–water partition coefficient (Wildman–Crippen LogP) is 5.65. The van der Waals surface area contributed by atoms with Crippen LogP contribution in [-0.2, 0) is 6.42 Å². The highest BCUT2D eigenvalue weighted by Crippen LogP contribution is 2.36. The molecule has 29 heavy (non-hydrogen) atoms. The number of hydrogen-bond donors (Lipinski definition) is 1. The highest BCUT2D eigenvalue weighted by atomic mass is 16.2. The molecule has 1 heterocycles. The van der Waals surface area contributed by atoms with Gasteiger partial charge in [-0.3, -0.25) is 4.79 Å². The molecule has 3 nitrogen and oxygen atoms in total. The maximum absolute atomic E-state index is 13.4. The Kier molecular flexibility index (Phi) is 4.49. The number of anilines is 1. The molecule has 142 valence electrons. The van der Waals surface area contributed by atoms with Crippen molar-refractivity contribution < 1.29 is 4.79 Å². The second kappa shape index (κ2) is 7.44. The minimum absolute atomic E-state index is 0.0771. The minimum atomic E-state index is -0.202. The van der Waals surface area contributed by atoms with E-state index in [-0.39, 0.29) is 12.1 Å². The van der Waals surface area contributed by atoms with Crippen molar-refractivity contribution in [1.82, 2.24) is 4.90 Å². The number of carbonyl (C=O) groups excluding carboxylic acids is 1. The zero-order valence-electron chi connectivity index (χ0n) is 16.1. The number of nitrogens with one attached hydrogen (secondary N) is 1. The summed E-state index contributed by atoms with van der Waals surface area (Å²) < 4.78 is 0. The van der Waals surface area contributed by atoms with Crippen LogP contribution in [0.15, 0.2) is 97.1 Å². The maximum Gasteiger partial charge on any atom is 0.257 e. The van der Waals surface area contributed by atoms with E-state index < -0.39 is 0 Å². The van der Waals surface area contributed by atoms with Crippen molar-refractivity contribution >= 4 is 22.4 Å². The zero-order chi connectivity index (χ0) is 19.6. The van der Waals surface area contributed by atoms with Crippen LogP contribution in [-0.4, -0.2) is 17.4 Å². The molecule has 1 amide bonds. The van der Waals surface area contributed by atoms with Gasteiger partial charge in [-0.15, -0.1) is 0 Å². The Morgan fingerprint density at radius 2 is 1.48 bits per heavy atom. The third-order valence-electron chi connectivity index (χ3n) is 5.62. The van der Waals surface area contributed by atoms with Crippen LogP contribution < -0.4 is 5.32 Å². The fourth-order valence-electron chi connectivity index (χ4n) is 4.15. The van der Waals surface area contributed by atoms with Crippen molar-refractivity contribution in [3.8, 4) is 0 Å². The Hall–Kier alpha value is -3.59. The monoisotopic (exact) mass is 378 g/mol. The summed E-state index contributed by atoms with van der Waals surface area (Å²) in [6.45, 7) is 0.651. The molecule has 1 N–H and O–H groups in total. The Labute approximate surface area is 170 Å². The quantitative estimate of drug-likeness (QED) is 0.498. The molecule has 4 aromatic rings. The molecule has 1 aliphatic rings. The van der Waals surface area contributed by atoms with E-state index in [2.05, 4.69) is 53.8 Å². The summed E-state index contributed by atoms with van der Waals surface area (Å²) in [6, 6.07) is 32.8. The SMILES string of the molecule is O=C1c2ccccc2N[C@@H](c2cccc3ccccc23)N1CCc1ccccc1. The Balaban J connectivity index is 1.57. The number of carbonyl (C=O) groups is 1. The van der Waals surface area contributed by atoms with Gasteiger partial charge in [0, 0.05) is 17.8 Å². The van der Waals surface area contributed by atoms with Crippen LogP contribution in [0.1, 0.15) is 27.7 Å². The molecule has 0 aromatic heterocycles. The molecule has 0 fully saturated rings. The molecule has 0 radical (unpaired) electrons. The van der Waals surface area contributed by atoms with Crippen LogP contribution in [0, 0.1) is 0 Å². The molecule has 3 heteroatoms. The summed E-state index contributed by atoms with van der Waals surface area (Å²) in [7, 11) is 0. The summed E-state index contributed by atoms with van der Waals surface area (Å²) in [6.07, 6.45) is 0.616. The highest BCUT2D eigenvalue weighted by Gasteiger charge is 2.33. The number of benzene rings is 4. The van der Waals surface area contributed by atoms with Gasteiger partial charge in [0.05, 0.1) is 5.56 Å². The zero-order valence-corrected chi connectivity index (χ0v) is 16.1. The molecular weight excluding hydrogens is 356 g/mol. The first-order valence-corrected chi connectivity index (χ1v) is 9.99. The molecule has 5 rings (SSSR count). The lowest BCUT2D eigenvalue weighted by Crippen LogP contribution is -2.44. The number of amides is 1. The van der Waals surface area contributed by atoms with Crippen molar-refractivity contribution in [3.63, 3.8) is 0 Å². The van der Waals surface area contributed by atoms with Gasteiger partial charge in [0.2, 0.25) is 0 Å². The fraction of sp³-hybridized carbons (Fsp3) is 0.115. The smallest absolute Gasteiger partial charge is 0.257 e. The van der Waals surface area contributed by atoms with Gasteiger partial charge in [0.25, 0.3) is 5.91 Å². The summed E-state index contributed by atoms with van der Waals surface area (Å²) in [5, 5.41) is 5.98. The van der Waals surface area contributed by atoms with Gasteiger partial charge in [-0.2, -0.15) is 0 Å². The predicted molar refractivity (Wildman–Crippen MR) is 118 cm³/mol. The number of fused-ring (bicyclic) bond motifs is 2. The maximum atomic E-state index is 13.4. The van der Waals surface area contributed by atoms with Crippen molar-refractivity contribution in [2.45, 2.75) is 12.6 Å². The first-order valence-electron chi connectivity index (χ1n) is 9.99. The van der Waals surface area contributed by atoms with Gasteiger partial charge in [-0.25, -0.2) is 0 Å². The summed E-state index contributed by atoms with van der Waals surface area (Å²) in [5.74, 6) is 0.0771. The van der Waals surface area contributed by atoms with Crippen LogP contribution >= 0.6 is 0 Å². The fourth-order valence-corrected chi connectivity index (χ4v) is 4.15. The molecule has 4 aromatic carbocycles. The first kappa shape index (κ1) is 17.5. The van der Waals surface area contributed by atoms with Crippen LogP contribution in [0.5, 0.6) is 0 Å². The van der Waals surface area contributed by atoms with E-state index in [4.69, 9.17) is 0 Å². The van der Waals surface area contributed by atoms with Gasteiger partial charge >= 0.3 is 0 Å². The number of para-hydroxylation sites is 1. The number of rotatable bonds is 4. The topological polar surface area (TPSA) is 32.3 Å². The Morgan fingerprint density at radius 3 is 2.38 bits per heavy atom. The second-order valence-electron chi connectivity index (χ2n) is 7.39. The van der Waals surface area contributed by atoms with E-state index in [9.17, 15) is 4.79 Å². The van der Waals surface area contributed by atoms with Gasteiger partial charge in [0.1, 0.15) is 6.17 Å². The van der Waals surface area contributed by atoms with Gasteiger partial charge in [-0.1, -0.05) is 84.9 Å². The van der Waals surface area contributed by atoms with Gasteiger partial charge in [-0.05, 0) is 34.9 Å². The highest BCUT2D eigenvalue weighted by molar-refractivity contribution is 6.02. The molecule has 0 spiro atoms. The normalized spacial score (nSPS) is 15.8. The lowest BCUT2D eigenvalue weighted by atomic mass is 9.98. The molecule has 0 saturated heterocycles. The van der Waals surface area contributed by atoms with E-state index in [1.807, 2.05) is 53.4 Å². The first-order chi connectivity index (χ1) is 14.3. The van der Waals surface area contributed by atoms with Crippen molar-refractivity contribution in [3.05, 3.63) is 114 Å². The largest absolute Gasteiger partial charge is 0.361 e. The third kappa shape index (κ3) is 3.25. The Bertz CT molecular complexity index is 1160. The van der Waals surface area contributed by atoms with Crippen LogP contribution in [0.2, 0.25) is 0 Å². The van der Waals surface area contributed by atoms with E-state index in [0.29, 0.717) is 6.54 Å². The van der Waals surface area contributed by atoms with Crippen molar-refractivity contribution in [2.24, 2.45) is 0 Å². The van der Waals surface area contributed by atoms with E-state index >= 15 is 0 Å². The van der Waals surface area contributed by atoms with E-state index in [1.165, 1.54) is 16.3 Å². The number of hydrogen-bond acceptors (Lipinski definition) is 2. The van der Waals surface area contributed by atoms with Gasteiger partial charge in [0.15, 0.2) is 0 Å². The second-order valence-corrected chi connectivity index (χ2v) is 7.39. The van der Waals surface area contributed by atoms with Gasteiger partial charge < -0.3 is 10.2 Å². The summed E-state index contributed by atoms with van der Waals surface area (Å²) in [5.41, 5.74) is 3.98. The third-order valence-corrected chi connectivity index (χ3v) is 5.62. The lowest BCUT2D eigenvalue weighted by molar-refractivity contribution is 0.0687. The standard InChI is InChI=1S/C26H22N2O/c29-26-23-14-6-7-16-24(23)27-25(28(26)18-17-19-9-2-1-3-10-19)22-15-8-12-20-11-4-5-13-21(20)22/h1-16,25,27H,17-18H2/t25-/m1/s1. The molecule has 0 unspecified atom stereocenters. The molecular formula is C26H22N2O. The van der Waals surface area contributed by atoms with Crippen LogP contribution in [0.25, 0.3) is 10.8 Å². The molecule has 1 aliphatic heterocycles. The van der Waals surface area contributed by atoms with Crippen LogP contribution in [0.3, 0.4) is 0 Å². The molecule has 0 bridgehead atoms. The minimum Gasteiger partial charge on any atom is -0.361 e. The average Bonchev–Trinajstić information content (AvgIpc) is 2.79. The van der Waals surface area contributed by atoms with Crippen molar-refractivity contribution in [1.29, 1.82) is 0 Å². The Morgan fingerprint density at radius 1 is 0.759 bits per heavy atom. The van der Waals surface area contributed by atoms with E-state index in [1.54, 1.807) is 0 Å². The average molecular weight is 378 g/mol. The van der Waals surface area contributed by atoms with Crippen LogP contribution in [0.4, 0.5) is 5.69 Å². The number of nitrogens with zero attached hydrogens (tertiary/aromatic N) is 1.